The van der Waals surface area contributed by atoms with Gasteiger partial charge in [-0.2, -0.15) is 0 Å². The summed E-state index contributed by atoms with van der Waals surface area (Å²) in [7, 11) is -2.01. The third-order valence-corrected chi connectivity index (χ3v) is 4.94. The minimum atomic E-state index is -3.41. The normalized spacial score (nSPS) is 11.7. The van der Waals surface area contributed by atoms with Gasteiger partial charge in [-0.15, -0.1) is 24.0 Å². The van der Waals surface area contributed by atoms with Gasteiger partial charge in [0.15, 0.2) is 5.96 Å². The number of nitrogens with zero attached hydrogens (tertiary/aromatic N) is 1. The number of hydrogen-bond donors (Lipinski definition) is 3. The molecule has 1 aromatic heterocycles. The predicted octanol–water partition coefficient (Wildman–Crippen LogP) is 2.10. The van der Waals surface area contributed by atoms with E-state index < -0.39 is 10.0 Å². The summed E-state index contributed by atoms with van der Waals surface area (Å²) in [5, 5.41) is 6.43. The molecule has 144 valence electrons. The van der Waals surface area contributed by atoms with Gasteiger partial charge in [0.1, 0.15) is 5.76 Å². The van der Waals surface area contributed by atoms with Crippen molar-refractivity contribution in [1.82, 2.24) is 15.4 Å². The molecule has 1 heterocycles. The zero-order valence-corrected chi connectivity index (χ0v) is 18.0. The zero-order valence-electron chi connectivity index (χ0n) is 14.9. The van der Waals surface area contributed by atoms with E-state index in [9.17, 15) is 8.42 Å². The van der Waals surface area contributed by atoms with Gasteiger partial charge in [0.25, 0.3) is 0 Å². The molecule has 0 radical (unpaired) electrons. The largest absolute Gasteiger partial charge is 0.469 e. The van der Waals surface area contributed by atoms with Crippen LogP contribution in [0.15, 0.2) is 57.0 Å². The molecule has 9 heteroatoms. The Morgan fingerprint density at radius 3 is 2.46 bits per heavy atom. The maximum Gasteiger partial charge on any atom is 0.240 e. The highest BCUT2D eigenvalue weighted by molar-refractivity contribution is 14.0. The molecular formula is C17H25IN4O3S. The first-order valence-corrected chi connectivity index (χ1v) is 9.60. The Bertz CT molecular complexity index is 775. The van der Waals surface area contributed by atoms with Gasteiger partial charge in [0.05, 0.1) is 17.7 Å². The number of nitrogens with one attached hydrogen (secondary N) is 3. The quantitative estimate of drug-likeness (QED) is 0.298. The van der Waals surface area contributed by atoms with Crippen molar-refractivity contribution < 1.29 is 12.8 Å². The molecule has 0 spiro atoms. The molecule has 0 aliphatic heterocycles. The molecule has 7 nitrogen and oxygen atoms in total. The number of aliphatic imine (C=N–C) groups is 1. The van der Waals surface area contributed by atoms with Crippen molar-refractivity contribution in [3.05, 3.63) is 54.0 Å². The summed E-state index contributed by atoms with van der Waals surface area (Å²) < 4.78 is 31.0. The van der Waals surface area contributed by atoms with Crippen LogP contribution in [0.5, 0.6) is 0 Å². The van der Waals surface area contributed by atoms with Gasteiger partial charge in [-0.3, -0.25) is 0 Å². The van der Waals surface area contributed by atoms with Crippen LogP contribution in [0.2, 0.25) is 0 Å². The third-order valence-electron chi connectivity index (χ3n) is 3.51. The number of benzene rings is 1. The van der Waals surface area contributed by atoms with Gasteiger partial charge >= 0.3 is 0 Å². The van der Waals surface area contributed by atoms with Crippen molar-refractivity contribution in [2.75, 3.05) is 20.1 Å². The molecule has 0 saturated heterocycles. The number of rotatable bonds is 8. The van der Waals surface area contributed by atoms with Crippen LogP contribution in [0.3, 0.4) is 0 Å². The van der Waals surface area contributed by atoms with Crippen molar-refractivity contribution >= 4 is 40.0 Å². The summed E-state index contributed by atoms with van der Waals surface area (Å²) in [5.74, 6) is 1.63. The van der Waals surface area contributed by atoms with Crippen LogP contribution in [-0.2, 0) is 23.0 Å². The molecule has 0 atom stereocenters. The Morgan fingerprint density at radius 2 is 1.88 bits per heavy atom. The van der Waals surface area contributed by atoms with Crippen LogP contribution >= 0.6 is 24.0 Å². The van der Waals surface area contributed by atoms with Crippen molar-refractivity contribution in [1.29, 1.82) is 0 Å². The maximum absolute atomic E-state index is 11.7. The summed E-state index contributed by atoms with van der Waals surface area (Å²) in [6.45, 7) is 3.92. The highest BCUT2D eigenvalue weighted by Gasteiger charge is 2.10. The topological polar surface area (TPSA) is 95.7 Å². The molecule has 3 N–H and O–H groups in total. The van der Waals surface area contributed by atoms with Gasteiger partial charge in [0.2, 0.25) is 10.0 Å². The fourth-order valence-corrected chi connectivity index (χ4v) is 2.89. The highest BCUT2D eigenvalue weighted by Crippen LogP contribution is 2.10. The summed E-state index contributed by atoms with van der Waals surface area (Å²) in [5.41, 5.74) is 0.929. The summed E-state index contributed by atoms with van der Waals surface area (Å²) >= 11 is 0. The predicted molar refractivity (Wildman–Crippen MR) is 113 cm³/mol. The van der Waals surface area contributed by atoms with Gasteiger partial charge in [-0.05, 0) is 43.8 Å². The van der Waals surface area contributed by atoms with Crippen LogP contribution in [0.25, 0.3) is 0 Å². The van der Waals surface area contributed by atoms with Crippen molar-refractivity contribution in [3.8, 4) is 0 Å². The molecule has 0 amide bonds. The second-order valence-corrected chi connectivity index (χ2v) is 7.19. The first kappa shape index (κ1) is 22.5. The van der Waals surface area contributed by atoms with Crippen molar-refractivity contribution in [2.45, 2.75) is 24.8 Å². The molecule has 0 aliphatic rings. The number of furan rings is 1. The monoisotopic (exact) mass is 492 g/mol. The average molecular weight is 492 g/mol. The number of hydrogen-bond acceptors (Lipinski definition) is 4. The van der Waals surface area contributed by atoms with Crippen LogP contribution in [-0.4, -0.2) is 34.5 Å². The van der Waals surface area contributed by atoms with Crippen LogP contribution < -0.4 is 15.4 Å². The van der Waals surface area contributed by atoms with Crippen LogP contribution in [0, 0.1) is 0 Å². The minimum absolute atomic E-state index is 0. The van der Waals surface area contributed by atoms with Crippen molar-refractivity contribution in [2.24, 2.45) is 4.99 Å². The molecule has 0 fully saturated rings. The third kappa shape index (κ3) is 6.96. The Morgan fingerprint density at radius 1 is 1.15 bits per heavy atom. The summed E-state index contributed by atoms with van der Waals surface area (Å²) in [6.07, 6.45) is 2.43. The first-order valence-electron chi connectivity index (χ1n) is 8.12. The molecule has 0 bridgehead atoms. The lowest BCUT2D eigenvalue weighted by Gasteiger charge is -2.11. The molecule has 0 saturated carbocycles. The molecule has 1 aromatic carbocycles. The van der Waals surface area contributed by atoms with Crippen LogP contribution in [0.4, 0.5) is 0 Å². The Labute approximate surface area is 171 Å². The average Bonchev–Trinajstić information content (AvgIpc) is 3.13. The second kappa shape index (κ2) is 11.2. The fraction of sp³-hybridized carbons (Fsp3) is 0.353. The van der Waals surface area contributed by atoms with E-state index in [0.717, 1.165) is 24.3 Å². The minimum Gasteiger partial charge on any atom is -0.469 e. The number of guanidine groups is 1. The second-order valence-electron chi connectivity index (χ2n) is 5.30. The Balaban J connectivity index is 0.00000338. The lowest BCUT2D eigenvalue weighted by atomic mass is 10.2. The fourth-order valence-electron chi connectivity index (χ4n) is 2.16. The molecule has 0 aliphatic carbocycles. The van der Waals surface area contributed by atoms with Crippen LogP contribution in [0.1, 0.15) is 18.2 Å². The molecular weight excluding hydrogens is 467 g/mol. The Kier molecular flexibility index (Phi) is 9.66. The van der Waals surface area contributed by atoms with E-state index >= 15 is 0 Å². The van der Waals surface area contributed by atoms with E-state index in [1.165, 1.54) is 7.05 Å². The van der Waals surface area contributed by atoms with Gasteiger partial charge in [0, 0.05) is 19.5 Å². The van der Waals surface area contributed by atoms with E-state index in [4.69, 9.17) is 4.42 Å². The first-order chi connectivity index (χ1) is 12.0. The van der Waals surface area contributed by atoms with Crippen molar-refractivity contribution in [3.63, 3.8) is 0 Å². The summed E-state index contributed by atoms with van der Waals surface area (Å²) in [4.78, 5) is 4.76. The standard InChI is InChI=1S/C17H24N4O3S.HI/c1-3-19-17(20-11-10-15-5-4-12-24-15)21-13-14-6-8-16(9-7-14)25(22,23)18-2;/h4-9,12,18H,3,10-11,13H2,1-2H3,(H2,19,20,21);1H. The molecule has 2 aromatic rings. The van der Waals surface area contributed by atoms with Gasteiger partial charge in [-0.1, -0.05) is 12.1 Å². The zero-order chi connectivity index (χ0) is 18.1. The van der Waals surface area contributed by atoms with E-state index in [1.807, 2.05) is 19.1 Å². The van der Waals surface area contributed by atoms with Gasteiger partial charge < -0.3 is 15.1 Å². The highest BCUT2D eigenvalue weighted by atomic mass is 127. The Hall–Kier alpha value is -1.59. The SMILES string of the molecule is CCNC(=NCc1ccc(S(=O)(=O)NC)cc1)NCCc1ccco1.I. The molecule has 0 unspecified atom stereocenters. The van der Waals surface area contributed by atoms with E-state index in [1.54, 1.807) is 30.5 Å². The lowest BCUT2D eigenvalue weighted by Crippen LogP contribution is -2.38. The van der Waals surface area contributed by atoms with E-state index in [2.05, 4.69) is 20.3 Å². The molecule has 2 rings (SSSR count). The van der Waals surface area contributed by atoms with E-state index in [0.29, 0.717) is 19.0 Å². The number of sulfonamides is 1. The number of halogens is 1. The lowest BCUT2D eigenvalue weighted by molar-refractivity contribution is 0.507. The molecule has 26 heavy (non-hydrogen) atoms. The smallest absolute Gasteiger partial charge is 0.240 e. The van der Waals surface area contributed by atoms with E-state index in [-0.39, 0.29) is 28.9 Å². The maximum atomic E-state index is 11.7. The van der Waals surface area contributed by atoms with Gasteiger partial charge in [-0.25, -0.2) is 18.1 Å². The summed E-state index contributed by atoms with van der Waals surface area (Å²) in [6, 6.07) is 10.5.